The second-order valence-corrected chi connectivity index (χ2v) is 16.0. The molecule has 0 radical (unpaired) electrons. The van der Waals surface area contributed by atoms with Gasteiger partial charge in [-0.05, 0) is 48.4 Å². The molecule has 14 nitrogen and oxygen atoms in total. The van der Waals surface area contributed by atoms with Gasteiger partial charge in [-0.25, -0.2) is 27.6 Å². The fraction of sp³-hybridized carbons (Fsp3) is 0.417. The number of benzene rings is 2. The number of hydrogen-bond donors (Lipinski definition) is 2. The number of sulfonamides is 1. The Hall–Kier alpha value is -5.35. The zero-order chi connectivity index (χ0) is 41.4. The molecule has 5 heterocycles. The lowest BCUT2D eigenvalue weighted by Crippen LogP contribution is -2.50. The Balaban J connectivity index is 0.944. The first kappa shape index (κ1) is 40.8. The average Bonchev–Trinajstić information content (AvgIpc) is 3.63. The number of nitrogens with zero attached hydrogens (tertiary/aromatic N) is 8. The minimum absolute atomic E-state index is 0.0177. The average molecular weight is 839 g/mol. The number of aromatic nitrogens is 4. The van der Waals surface area contributed by atoms with Gasteiger partial charge in [-0.2, -0.15) is 35.7 Å². The van der Waals surface area contributed by atoms with Gasteiger partial charge in [0.25, 0.3) is 0 Å². The summed E-state index contributed by atoms with van der Waals surface area (Å²) in [4.78, 5) is 37.1. The van der Waals surface area contributed by atoms with Gasteiger partial charge in [0.1, 0.15) is 18.3 Å². The Labute approximate surface area is 327 Å². The van der Waals surface area contributed by atoms with E-state index in [1.54, 1.807) is 12.1 Å². The molecule has 3 amide bonds. The predicted molar refractivity (Wildman–Crippen MR) is 196 cm³/mol. The summed E-state index contributed by atoms with van der Waals surface area (Å²) < 4.78 is 124. The number of carbonyl (C=O) groups excluding carboxylic acids is 2. The monoisotopic (exact) mass is 838 g/mol. The summed E-state index contributed by atoms with van der Waals surface area (Å²) in [5.41, 5.74) is -0.0493. The number of rotatable bonds is 10. The van der Waals surface area contributed by atoms with E-state index in [1.807, 2.05) is 30.3 Å². The standard InChI is InChI=1S/C36H37F7N10O4S/c37-29-21-52(10-8-30(29)46-33-44-18-28(36(41,42)43)32(48-33)24-17-45-51(20-24)22-35(38,39)40)58(56,57)27-3-1-2-23(16-27)19-49-12-14-50(15-13-49)25-4-6-26(7-5-25)53-11-9-31(54)47-34(53)55/h1-7,16-18,20,29-30H,8-15,19,21-22H2,(H,44,46,48)(H,47,54,55)/t29-,30?/m1/s1. The van der Waals surface area contributed by atoms with E-state index in [2.05, 4.69) is 35.5 Å². The van der Waals surface area contributed by atoms with Crippen LogP contribution in [0.5, 0.6) is 0 Å². The van der Waals surface area contributed by atoms with Crippen LogP contribution in [0.1, 0.15) is 24.0 Å². The second-order valence-electron chi connectivity index (χ2n) is 14.1. The fourth-order valence-corrected chi connectivity index (χ4v) is 8.62. The van der Waals surface area contributed by atoms with Gasteiger partial charge in [-0.1, -0.05) is 12.1 Å². The molecule has 0 aliphatic carbocycles. The highest BCUT2D eigenvalue weighted by atomic mass is 32.2. The zero-order valence-electron chi connectivity index (χ0n) is 30.5. The number of urea groups is 1. The molecule has 310 valence electrons. The number of hydrogen-bond acceptors (Lipinski definition) is 10. The van der Waals surface area contributed by atoms with Crippen LogP contribution in [-0.4, -0.2) is 114 Å². The summed E-state index contributed by atoms with van der Waals surface area (Å²) in [7, 11) is -4.14. The van der Waals surface area contributed by atoms with Crippen molar-refractivity contribution < 1.29 is 48.7 Å². The molecule has 2 aromatic carbocycles. The van der Waals surface area contributed by atoms with E-state index in [0.29, 0.717) is 55.8 Å². The fourth-order valence-electron chi connectivity index (χ4n) is 7.09. The van der Waals surface area contributed by atoms with Gasteiger partial charge >= 0.3 is 18.4 Å². The Morgan fingerprint density at radius 1 is 0.897 bits per heavy atom. The van der Waals surface area contributed by atoms with Gasteiger partial charge < -0.3 is 10.2 Å². The minimum Gasteiger partial charge on any atom is -0.369 e. The molecule has 2 aromatic heterocycles. The van der Waals surface area contributed by atoms with Gasteiger partial charge in [0.2, 0.25) is 21.9 Å². The number of imide groups is 1. The Morgan fingerprint density at radius 2 is 1.62 bits per heavy atom. The smallest absolute Gasteiger partial charge is 0.369 e. The molecule has 3 fully saturated rings. The van der Waals surface area contributed by atoms with Gasteiger partial charge in [0.15, 0.2) is 0 Å². The molecule has 0 spiro atoms. The first-order chi connectivity index (χ1) is 27.4. The molecule has 7 rings (SSSR count). The summed E-state index contributed by atoms with van der Waals surface area (Å²) in [5.74, 6) is -0.727. The highest BCUT2D eigenvalue weighted by Gasteiger charge is 2.39. The third kappa shape index (κ3) is 9.34. The van der Waals surface area contributed by atoms with Gasteiger partial charge in [-0.3, -0.25) is 24.6 Å². The van der Waals surface area contributed by atoms with Crippen molar-refractivity contribution in [3.63, 3.8) is 0 Å². The van der Waals surface area contributed by atoms with E-state index in [1.165, 1.54) is 11.0 Å². The van der Waals surface area contributed by atoms with Gasteiger partial charge in [0.05, 0.1) is 22.8 Å². The minimum atomic E-state index is -4.97. The van der Waals surface area contributed by atoms with E-state index < -0.39 is 70.9 Å². The Bertz CT molecular complexity index is 2250. The molecule has 0 saturated carbocycles. The SMILES string of the molecule is O=C1CCN(c2ccc(N3CCN(Cc4cccc(S(=O)(=O)N5CCC(Nc6ncc(C(F)(F)F)c(-c7cnn(CC(F)(F)F)c7)n6)[C@H](F)C5)c4)CC3)cc2)C(=O)N1. The lowest BCUT2D eigenvalue weighted by Gasteiger charge is -2.36. The van der Waals surface area contributed by atoms with Crippen molar-refractivity contribution in [2.45, 2.75) is 55.4 Å². The van der Waals surface area contributed by atoms with Crippen LogP contribution < -0.4 is 20.4 Å². The number of piperidine rings is 1. The van der Waals surface area contributed by atoms with Crippen molar-refractivity contribution in [3.05, 3.63) is 78.2 Å². The van der Waals surface area contributed by atoms with Crippen molar-refractivity contribution >= 4 is 39.3 Å². The van der Waals surface area contributed by atoms with E-state index in [4.69, 9.17) is 0 Å². The maximum Gasteiger partial charge on any atom is 0.419 e. The first-order valence-corrected chi connectivity index (χ1v) is 19.6. The van der Waals surface area contributed by atoms with Crippen LogP contribution in [-0.2, 0) is 34.1 Å². The van der Waals surface area contributed by atoms with Crippen molar-refractivity contribution in [3.8, 4) is 11.3 Å². The molecule has 4 aromatic rings. The number of anilines is 3. The van der Waals surface area contributed by atoms with Crippen LogP contribution in [0.3, 0.4) is 0 Å². The quantitative estimate of drug-likeness (QED) is 0.211. The van der Waals surface area contributed by atoms with Crippen LogP contribution >= 0.6 is 0 Å². The molecule has 1 unspecified atom stereocenters. The number of piperazine rings is 1. The lowest BCUT2D eigenvalue weighted by molar-refractivity contribution is -0.142. The van der Waals surface area contributed by atoms with Gasteiger partial charge in [-0.15, -0.1) is 0 Å². The summed E-state index contributed by atoms with van der Waals surface area (Å²) in [5, 5.41) is 8.43. The second kappa shape index (κ2) is 16.1. The number of amides is 3. The highest BCUT2D eigenvalue weighted by Crippen LogP contribution is 2.37. The Morgan fingerprint density at radius 3 is 2.29 bits per heavy atom. The maximum atomic E-state index is 15.6. The number of alkyl halides is 7. The van der Waals surface area contributed by atoms with Gasteiger partial charge in [0, 0.05) is 88.1 Å². The third-order valence-electron chi connectivity index (χ3n) is 10.1. The number of halogens is 7. The van der Waals surface area contributed by atoms with Crippen LogP contribution in [0.2, 0.25) is 0 Å². The molecular formula is C36H37F7N10O4S. The maximum absolute atomic E-state index is 15.6. The van der Waals surface area contributed by atoms with Crippen LogP contribution in [0, 0.1) is 0 Å². The molecule has 3 saturated heterocycles. The van der Waals surface area contributed by atoms with E-state index in [0.717, 1.165) is 27.9 Å². The van der Waals surface area contributed by atoms with E-state index >= 15 is 4.39 Å². The van der Waals surface area contributed by atoms with Crippen molar-refractivity contribution in [2.24, 2.45) is 0 Å². The predicted octanol–water partition coefficient (Wildman–Crippen LogP) is 4.90. The summed E-state index contributed by atoms with van der Waals surface area (Å²) in [6.07, 6.45) is -9.32. The molecule has 22 heteroatoms. The van der Waals surface area contributed by atoms with Crippen LogP contribution in [0.25, 0.3) is 11.3 Å². The molecule has 0 bridgehead atoms. The summed E-state index contributed by atoms with van der Waals surface area (Å²) >= 11 is 0. The number of carbonyl (C=O) groups is 2. The summed E-state index contributed by atoms with van der Waals surface area (Å²) in [6.45, 7) is 1.32. The molecule has 2 atom stereocenters. The number of nitrogens with one attached hydrogen (secondary N) is 2. The van der Waals surface area contributed by atoms with Crippen LogP contribution in [0.15, 0.2) is 72.0 Å². The summed E-state index contributed by atoms with van der Waals surface area (Å²) in [6, 6.07) is 12.4. The van der Waals surface area contributed by atoms with E-state index in [9.17, 15) is 44.3 Å². The van der Waals surface area contributed by atoms with Crippen LogP contribution in [0.4, 0.5) is 52.9 Å². The molecular weight excluding hydrogens is 802 g/mol. The van der Waals surface area contributed by atoms with Crippen molar-refractivity contribution in [1.29, 1.82) is 0 Å². The Kier molecular flexibility index (Phi) is 11.4. The van der Waals surface area contributed by atoms with E-state index in [-0.39, 0.29) is 35.8 Å². The molecule has 3 aliphatic rings. The topological polar surface area (TPSA) is 149 Å². The third-order valence-corrected chi connectivity index (χ3v) is 11.9. The first-order valence-electron chi connectivity index (χ1n) is 18.2. The molecule has 2 N–H and O–H groups in total. The largest absolute Gasteiger partial charge is 0.419 e. The lowest BCUT2D eigenvalue weighted by atomic mass is 10.1. The molecule has 58 heavy (non-hydrogen) atoms. The van der Waals surface area contributed by atoms with Crippen molar-refractivity contribution in [1.82, 2.24) is 34.3 Å². The molecule has 3 aliphatic heterocycles. The normalized spacial score (nSPS) is 20.3. The zero-order valence-corrected chi connectivity index (χ0v) is 31.4. The highest BCUT2D eigenvalue weighted by molar-refractivity contribution is 7.89. The van der Waals surface area contributed by atoms with Crippen molar-refractivity contribution in [2.75, 3.05) is 60.9 Å².